The number of carbonyl (C=O) groups excluding carboxylic acids is 1. The molecule has 23 heavy (non-hydrogen) atoms. The van der Waals surface area contributed by atoms with Crippen molar-refractivity contribution in [2.24, 2.45) is 5.10 Å². The van der Waals surface area contributed by atoms with Crippen LogP contribution in [0.2, 0.25) is 0 Å². The SMILES string of the molecule is O=C(N/N=C\c1ccc(N2CCOCC2)o1)c1ccc(O)cc1. The van der Waals surface area contributed by atoms with Gasteiger partial charge in [0, 0.05) is 24.7 Å². The predicted molar refractivity (Wildman–Crippen MR) is 84.9 cm³/mol. The summed E-state index contributed by atoms with van der Waals surface area (Å²) < 4.78 is 11.0. The van der Waals surface area contributed by atoms with Crippen molar-refractivity contribution in [3.63, 3.8) is 0 Å². The number of morpholine rings is 1. The van der Waals surface area contributed by atoms with E-state index in [1.54, 1.807) is 6.07 Å². The predicted octanol–water partition coefficient (Wildman–Crippen LogP) is 1.59. The first kappa shape index (κ1) is 15.1. The first-order valence-electron chi connectivity index (χ1n) is 7.27. The van der Waals surface area contributed by atoms with Crippen LogP contribution in [0.1, 0.15) is 16.1 Å². The molecule has 120 valence electrons. The van der Waals surface area contributed by atoms with Crippen LogP contribution in [0.15, 0.2) is 45.9 Å². The van der Waals surface area contributed by atoms with Crippen molar-refractivity contribution in [1.82, 2.24) is 5.43 Å². The van der Waals surface area contributed by atoms with Gasteiger partial charge in [-0.25, -0.2) is 5.43 Å². The number of carbonyl (C=O) groups is 1. The molecule has 0 spiro atoms. The zero-order chi connectivity index (χ0) is 16.1. The summed E-state index contributed by atoms with van der Waals surface area (Å²) in [5.41, 5.74) is 2.82. The number of phenols is 1. The Morgan fingerprint density at radius 1 is 1.17 bits per heavy atom. The van der Waals surface area contributed by atoms with Crippen LogP contribution in [0.4, 0.5) is 5.88 Å². The molecular formula is C16H17N3O4. The molecule has 1 amide bonds. The monoisotopic (exact) mass is 315 g/mol. The number of nitrogens with zero attached hydrogens (tertiary/aromatic N) is 2. The Balaban J connectivity index is 1.56. The maximum atomic E-state index is 11.8. The fraction of sp³-hybridized carbons (Fsp3) is 0.250. The van der Waals surface area contributed by atoms with E-state index in [9.17, 15) is 9.90 Å². The quantitative estimate of drug-likeness (QED) is 0.661. The summed E-state index contributed by atoms with van der Waals surface area (Å²) in [6, 6.07) is 9.59. The van der Waals surface area contributed by atoms with Gasteiger partial charge < -0.3 is 19.2 Å². The van der Waals surface area contributed by atoms with Gasteiger partial charge in [-0.15, -0.1) is 0 Å². The van der Waals surface area contributed by atoms with E-state index < -0.39 is 0 Å². The van der Waals surface area contributed by atoms with Crippen molar-refractivity contribution in [3.05, 3.63) is 47.7 Å². The molecule has 2 aromatic rings. The van der Waals surface area contributed by atoms with Crippen LogP contribution in [0.25, 0.3) is 0 Å². The van der Waals surface area contributed by atoms with Crippen LogP contribution in [0.5, 0.6) is 5.75 Å². The second kappa shape index (κ2) is 6.97. The standard InChI is InChI=1S/C16H17N3O4/c20-13-3-1-12(2-4-13)16(21)18-17-11-14-5-6-15(23-14)19-7-9-22-10-8-19/h1-6,11,20H,7-10H2,(H,18,21)/b17-11-. The summed E-state index contributed by atoms with van der Waals surface area (Å²) in [6.45, 7) is 2.96. The van der Waals surface area contributed by atoms with Crippen molar-refractivity contribution in [1.29, 1.82) is 0 Å². The molecule has 7 nitrogen and oxygen atoms in total. The van der Waals surface area contributed by atoms with Crippen LogP contribution < -0.4 is 10.3 Å². The lowest BCUT2D eigenvalue weighted by molar-refractivity contribution is 0.0955. The number of hydrogen-bond donors (Lipinski definition) is 2. The van der Waals surface area contributed by atoms with Gasteiger partial charge in [0.2, 0.25) is 0 Å². The number of hydrogen-bond acceptors (Lipinski definition) is 6. The Morgan fingerprint density at radius 3 is 2.65 bits per heavy atom. The second-order valence-electron chi connectivity index (χ2n) is 5.02. The molecule has 1 aliphatic rings. The Bertz CT molecular complexity index is 688. The lowest BCUT2D eigenvalue weighted by atomic mass is 10.2. The first-order chi connectivity index (χ1) is 11.2. The molecule has 1 aliphatic heterocycles. The van der Waals surface area contributed by atoms with Gasteiger partial charge in [-0.3, -0.25) is 4.79 Å². The minimum atomic E-state index is -0.360. The summed E-state index contributed by atoms with van der Waals surface area (Å²) >= 11 is 0. The van der Waals surface area contributed by atoms with Crippen molar-refractivity contribution in [2.45, 2.75) is 0 Å². The molecule has 2 heterocycles. The maximum absolute atomic E-state index is 11.8. The van der Waals surface area contributed by atoms with Crippen molar-refractivity contribution < 1.29 is 19.1 Å². The molecule has 0 radical (unpaired) electrons. The van der Waals surface area contributed by atoms with Gasteiger partial charge >= 0.3 is 0 Å². The molecule has 0 aliphatic carbocycles. The fourth-order valence-corrected chi connectivity index (χ4v) is 2.20. The molecule has 1 aromatic heterocycles. The summed E-state index contributed by atoms with van der Waals surface area (Å²) in [5.74, 6) is 1.06. The molecule has 3 rings (SSSR count). The largest absolute Gasteiger partial charge is 0.508 e. The van der Waals surface area contributed by atoms with E-state index in [1.165, 1.54) is 30.5 Å². The summed E-state index contributed by atoms with van der Waals surface area (Å²) in [7, 11) is 0. The first-order valence-corrected chi connectivity index (χ1v) is 7.27. The summed E-state index contributed by atoms with van der Waals surface area (Å²) in [4.78, 5) is 13.9. The number of nitrogens with one attached hydrogen (secondary N) is 1. The second-order valence-corrected chi connectivity index (χ2v) is 5.02. The van der Waals surface area contributed by atoms with Crippen LogP contribution in [-0.4, -0.2) is 43.5 Å². The highest BCUT2D eigenvalue weighted by atomic mass is 16.5. The fourth-order valence-electron chi connectivity index (χ4n) is 2.20. The number of rotatable bonds is 4. The average molecular weight is 315 g/mol. The van der Waals surface area contributed by atoms with E-state index in [-0.39, 0.29) is 11.7 Å². The minimum Gasteiger partial charge on any atom is -0.508 e. The van der Waals surface area contributed by atoms with E-state index in [0.717, 1.165) is 19.0 Å². The molecule has 1 fully saturated rings. The lowest BCUT2D eigenvalue weighted by Crippen LogP contribution is -2.35. The lowest BCUT2D eigenvalue weighted by Gasteiger charge is -2.26. The molecule has 1 aromatic carbocycles. The highest BCUT2D eigenvalue weighted by molar-refractivity contribution is 5.94. The number of amides is 1. The Labute approximate surface area is 133 Å². The Kier molecular flexibility index (Phi) is 4.58. The highest BCUT2D eigenvalue weighted by Crippen LogP contribution is 2.18. The molecule has 2 N–H and O–H groups in total. The number of anilines is 1. The number of hydrazone groups is 1. The number of aromatic hydroxyl groups is 1. The molecule has 7 heteroatoms. The zero-order valence-corrected chi connectivity index (χ0v) is 12.4. The van der Waals surface area contributed by atoms with Gasteiger partial charge in [-0.2, -0.15) is 5.10 Å². The van der Waals surface area contributed by atoms with Crippen LogP contribution in [0.3, 0.4) is 0 Å². The van der Waals surface area contributed by atoms with Crippen molar-refractivity contribution in [3.8, 4) is 5.75 Å². The molecule has 0 saturated carbocycles. The third-order valence-electron chi connectivity index (χ3n) is 3.42. The molecule has 0 bridgehead atoms. The Morgan fingerprint density at radius 2 is 1.91 bits per heavy atom. The maximum Gasteiger partial charge on any atom is 0.271 e. The van der Waals surface area contributed by atoms with E-state index in [4.69, 9.17) is 9.15 Å². The summed E-state index contributed by atoms with van der Waals surface area (Å²) in [5, 5.41) is 13.1. The number of furan rings is 1. The number of benzene rings is 1. The van der Waals surface area contributed by atoms with Crippen molar-refractivity contribution >= 4 is 18.0 Å². The van der Waals surface area contributed by atoms with Crippen molar-refractivity contribution in [2.75, 3.05) is 31.2 Å². The van der Waals surface area contributed by atoms with E-state index in [1.807, 2.05) is 6.07 Å². The Hall–Kier alpha value is -2.80. The smallest absolute Gasteiger partial charge is 0.271 e. The zero-order valence-electron chi connectivity index (χ0n) is 12.4. The van der Waals surface area contributed by atoms with Crippen LogP contribution in [0, 0.1) is 0 Å². The minimum absolute atomic E-state index is 0.108. The highest BCUT2D eigenvalue weighted by Gasteiger charge is 2.14. The van der Waals surface area contributed by atoms with E-state index >= 15 is 0 Å². The van der Waals surface area contributed by atoms with E-state index in [2.05, 4.69) is 15.4 Å². The number of ether oxygens (including phenoxy) is 1. The number of phenolic OH excluding ortho intramolecular Hbond substituents is 1. The molecular weight excluding hydrogens is 298 g/mol. The van der Waals surface area contributed by atoms with Gasteiger partial charge in [-0.1, -0.05) is 0 Å². The normalized spacial score (nSPS) is 15.0. The van der Waals surface area contributed by atoms with Gasteiger partial charge in [-0.05, 0) is 30.3 Å². The van der Waals surface area contributed by atoms with Crippen LogP contribution >= 0.6 is 0 Å². The summed E-state index contributed by atoms with van der Waals surface area (Å²) in [6.07, 6.45) is 1.45. The topological polar surface area (TPSA) is 87.3 Å². The van der Waals surface area contributed by atoms with E-state index in [0.29, 0.717) is 24.5 Å². The molecule has 1 saturated heterocycles. The average Bonchev–Trinajstić information content (AvgIpc) is 3.05. The third kappa shape index (κ3) is 3.89. The molecule has 0 unspecified atom stereocenters. The van der Waals surface area contributed by atoms with Crippen LogP contribution in [-0.2, 0) is 4.74 Å². The molecule has 0 atom stereocenters. The van der Waals surface area contributed by atoms with Gasteiger partial charge in [0.05, 0.1) is 19.4 Å². The van der Waals surface area contributed by atoms with Gasteiger partial charge in [0.1, 0.15) is 11.5 Å². The third-order valence-corrected chi connectivity index (χ3v) is 3.42. The van der Waals surface area contributed by atoms with Gasteiger partial charge in [0.25, 0.3) is 5.91 Å². The van der Waals surface area contributed by atoms with Gasteiger partial charge in [0.15, 0.2) is 5.88 Å².